The molecule has 0 fully saturated rings. The first-order valence-corrected chi connectivity index (χ1v) is 10.6. The second kappa shape index (κ2) is 9.47. The Balaban J connectivity index is 1.35. The highest BCUT2D eigenvalue weighted by Crippen LogP contribution is 2.26. The summed E-state index contributed by atoms with van der Waals surface area (Å²) in [5, 5.41) is 5.66. The molecule has 0 saturated carbocycles. The Morgan fingerprint density at radius 3 is 2.50 bits per heavy atom. The Bertz CT molecular complexity index is 1170. The predicted octanol–water partition coefficient (Wildman–Crippen LogP) is 3.92. The monoisotopic (exact) mass is 428 g/mol. The normalized spacial score (nSPS) is 12.5. The molecule has 2 N–H and O–H groups in total. The SMILES string of the molecule is Cc1ccc(C(=O)c2ccccc2C(=O)NCCOc2ccc3c(c2)CCC(=O)N3)cc1. The van der Waals surface area contributed by atoms with Gasteiger partial charge in [0.05, 0.1) is 12.1 Å². The van der Waals surface area contributed by atoms with E-state index in [-0.39, 0.29) is 24.2 Å². The first-order chi connectivity index (χ1) is 15.5. The number of hydrogen-bond donors (Lipinski definition) is 2. The zero-order valence-electron chi connectivity index (χ0n) is 17.8. The zero-order valence-corrected chi connectivity index (χ0v) is 17.8. The fourth-order valence-electron chi connectivity index (χ4n) is 3.62. The number of rotatable bonds is 7. The van der Waals surface area contributed by atoms with Gasteiger partial charge in [0.15, 0.2) is 5.78 Å². The molecule has 32 heavy (non-hydrogen) atoms. The van der Waals surface area contributed by atoms with Gasteiger partial charge >= 0.3 is 0 Å². The van der Waals surface area contributed by atoms with E-state index in [0.717, 1.165) is 16.8 Å². The van der Waals surface area contributed by atoms with Crippen LogP contribution < -0.4 is 15.4 Å². The van der Waals surface area contributed by atoms with Crippen LogP contribution in [0.25, 0.3) is 0 Å². The van der Waals surface area contributed by atoms with Crippen LogP contribution in [0.5, 0.6) is 5.75 Å². The smallest absolute Gasteiger partial charge is 0.252 e. The third-order valence-electron chi connectivity index (χ3n) is 5.36. The van der Waals surface area contributed by atoms with E-state index in [1.165, 1.54) is 0 Å². The fourth-order valence-corrected chi connectivity index (χ4v) is 3.62. The number of benzene rings is 3. The average Bonchev–Trinajstić information content (AvgIpc) is 2.81. The van der Waals surface area contributed by atoms with E-state index < -0.39 is 0 Å². The molecule has 6 nitrogen and oxygen atoms in total. The van der Waals surface area contributed by atoms with Crippen molar-refractivity contribution in [1.29, 1.82) is 0 Å². The van der Waals surface area contributed by atoms with Gasteiger partial charge in [0, 0.05) is 23.2 Å². The van der Waals surface area contributed by atoms with Crippen LogP contribution >= 0.6 is 0 Å². The summed E-state index contributed by atoms with van der Waals surface area (Å²) in [6, 6.07) is 19.6. The van der Waals surface area contributed by atoms with Crippen molar-refractivity contribution < 1.29 is 19.1 Å². The quantitative estimate of drug-likeness (QED) is 0.441. The minimum atomic E-state index is -0.321. The summed E-state index contributed by atoms with van der Waals surface area (Å²) in [5.41, 5.74) is 4.17. The molecular weight excluding hydrogens is 404 g/mol. The van der Waals surface area contributed by atoms with E-state index in [4.69, 9.17) is 4.74 Å². The number of ketones is 1. The summed E-state index contributed by atoms with van der Waals surface area (Å²) < 4.78 is 5.75. The maximum atomic E-state index is 12.9. The van der Waals surface area contributed by atoms with E-state index in [1.54, 1.807) is 42.5 Å². The summed E-state index contributed by atoms with van der Waals surface area (Å²) in [5.74, 6) is 0.199. The van der Waals surface area contributed by atoms with Gasteiger partial charge in [-0.25, -0.2) is 0 Å². The van der Waals surface area contributed by atoms with Gasteiger partial charge in [0.25, 0.3) is 5.91 Å². The molecule has 3 aromatic carbocycles. The molecule has 2 amide bonds. The Kier molecular flexibility index (Phi) is 6.31. The van der Waals surface area contributed by atoms with Crippen molar-refractivity contribution >= 4 is 23.3 Å². The zero-order chi connectivity index (χ0) is 22.5. The summed E-state index contributed by atoms with van der Waals surface area (Å²) >= 11 is 0. The summed E-state index contributed by atoms with van der Waals surface area (Å²) in [6.07, 6.45) is 1.15. The molecule has 0 unspecified atom stereocenters. The third kappa shape index (κ3) is 4.86. The van der Waals surface area contributed by atoms with Crippen LogP contribution in [0.1, 0.15) is 43.8 Å². The number of amides is 2. The average molecular weight is 428 g/mol. The van der Waals surface area contributed by atoms with Crippen molar-refractivity contribution in [3.8, 4) is 5.75 Å². The van der Waals surface area contributed by atoms with E-state index in [9.17, 15) is 14.4 Å². The van der Waals surface area contributed by atoms with Crippen molar-refractivity contribution in [3.63, 3.8) is 0 Å². The highest BCUT2D eigenvalue weighted by Gasteiger charge is 2.18. The molecule has 3 aromatic rings. The number of ether oxygens (including phenoxy) is 1. The third-order valence-corrected chi connectivity index (χ3v) is 5.36. The lowest BCUT2D eigenvalue weighted by molar-refractivity contribution is -0.116. The maximum Gasteiger partial charge on any atom is 0.252 e. The van der Waals surface area contributed by atoms with E-state index in [2.05, 4.69) is 10.6 Å². The highest BCUT2D eigenvalue weighted by atomic mass is 16.5. The van der Waals surface area contributed by atoms with Crippen molar-refractivity contribution in [2.75, 3.05) is 18.5 Å². The standard InChI is InChI=1S/C26H24N2O4/c1-17-6-8-18(9-7-17)25(30)21-4-2-3-5-22(21)26(31)27-14-15-32-20-11-12-23-19(16-20)10-13-24(29)28-23/h2-9,11-12,16H,10,13-15H2,1H3,(H,27,31)(H,28,29). The van der Waals surface area contributed by atoms with Gasteiger partial charge in [-0.3, -0.25) is 14.4 Å². The van der Waals surface area contributed by atoms with E-state index >= 15 is 0 Å². The van der Waals surface area contributed by atoms with Crippen molar-refractivity contribution in [2.24, 2.45) is 0 Å². The largest absolute Gasteiger partial charge is 0.492 e. The molecule has 6 heteroatoms. The molecule has 1 heterocycles. The molecule has 0 aliphatic carbocycles. The van der Waals surface area contributed by atoms with Gasteiger partial charge in [-0.15, -0.1) is 0 Å². The molecule has 4 rings (SSSR count). The van der Waals surface area contributed by atoms with Crippen molar-refractivity contribution in [1.82, 2.24) is 5.32 Å². The van der Waals surface area contributed by atoms with Gasteiger partial charge in [0.2, 0.25) is 5.91 Å². The first kappa shape index (κ1) is 21.3. The lowest BCUT2D eigenvalue weighted by Gasteiger charge is -2.17. The van der Waals surface area contributed by atoms with Gasteiger partial charge < -0.3 is 15.4 Å². The molecular formula is C26H24N2O4. The molecule has 162 valence electrons. The lowest BCUT2D eigenvalue weighted by atomic mass is 9.97. The van der Waals surface area contributed by atoms with Gasteiger partial charge in [-0.2, -0.15) is 0 Å². The van der Waals surface area contributed by atoms with Gasteiger partial charge in [-0.1, -0.05) is 48.0 Å². The minimum absolute atomic E-state index is 0.0232. The number of anilines is 1. The molecule has 0 saturated heterocycles. The predicted molar refractivity (Wildman–Crippen MR) is 122 cm³/mol. The molecule has 0 bridgehead atoms. The van der Waals surface area contributed by atoms with Crippen LogP contribution in [0.3, 0.4) is 0 Å². The van der Waals surface area contributed by atoms with Crippen molar-refractivity contribution in [2.45, 2.75) is 19.8 Å². The highest BCUT2D eigenvalue weighted by molar-refractivity contribution is 6.15. The maximum absolute atomic E-state index is 12.9. The summed E-state index contributed by atoms with van der Waals surface area (Å²) in [4.78, 5) is 37.1. The Labute approximate surface area is 186 Å². The molecule has 1 aliphatic rings. The summed E-state index contributed by atoms with van der Waals surface area (Å²) in [7, 11) is 0. The lowest BCUT2D eigenvalue weighted by Crippen LogP contribution is -2.29. The van der Waals surface area contributed by atoms with Gasteiger partial charge in [-0.05, 0) is 43.2 Å². The molecule has 0 spiro atoms. The number of hydrogen-bond acceptors (Lipinski definition) is 4. The molecule has 0 atom stereocenters. The topological polar surface area (TPSA) is 84.5 Å². The van der Waals surface area contributed by atoms with Crippen LogP contribution in [0.4, 0.5) is 5.69 Å². The van der Waals surface area contributed by atoms with E-state index in [0.29, 0.717) is 41.8 Å². The van der Waals surface area contributed by atoms with Gasteiger partial charge in [0.1, 0.15) is 12.4 Å². The number of aryl methyl sites for hydroxylation is 2. The van der Waals surface area contributed by atoms with Crippen LogP contribution in [-0.2, 0) is 11.2 Å². The molecule has 0 aromatic heterocycles. The number of carbonyl (C=O) groups is 3. The van der Waals surface area contributed by atoms with Crippen molar-refractivity contribution in [3.05, 3.63) is 94.5 Å². The van der Waals surface area contributed by atoms with Crippen LogP contribution in [0.15, 0.2) is 66.7 Å². The van der Waals surface area contributed by atoms with E-state index in [1.807, 2.05) is 31.2 Å². The van der Waals surface area contributed by atoms with Crippen LogP contribution in [0.2, 0.25) is 0 Å². The Morgan fingerprint density at radius 1 is 0.969 bits per heavy atom. The molecule has 0 radical (unpaired) electrons. The minimum Gasteiger partial charge on any atom is -0.492 e. The number of carbonyl (C=O) groups excluding carboxylic acids is 3. The van der Waals surface area contributed by atoms with Crippen LogP contribution in [0, 0.1) is 6.92 Å². The Hall–Kier alpha value is -3.93. The number of nitrogens with one attached hydrogen (secondary N) is 2. The first-order valence-electron chi connectivity index (χ1n) is 10.6. The molecule has 1 aliphatic heterocycles. The second-order valence-electron chi connectivity index (χ2n) is 7.71. The second-order valence-corrected chi connectivity index (χ2v) is 7.71. The fraction of sp³-hybridized carbons (Fsp3) is 0.192. The summed E-state index contributed by atoms with van der Waals surface area (Å²) in [6.45, 7) is 2.53. The Morgan fingerprint density at radius 2 is 1.72 bits per heavy atom. The number of fused-ring (bicyclic) bond motifs is 1. The van der Waals surface area contributed by atoms with Crippen LogP contribution in [-0.4, -0.2) is 30.7 Å².